The summed E-state index contributed by atoms with van der Waals surface area (Å²) in [5, 5.41) is 0. The van der Waals surface area contributed by atoms with Crippen LogP contribution in [0.2, 0.25) is 0 Å². The molecule has 1 N–H and O–H groups in total. The van der Waals surface area contributed by atoms with Crippen LogP contribution in [-0.2, 0) is 18.5 Å². The van der Waals surface area contributed by atoms with Crippen molar-refractivity contribution in [1.29, 1.82) is 0 Å². The highest BCUT2D eigenvalue weighted by molar-refractivity contribution is 8.00. The molecule has 0 atom stereocenters. The Kier molecular flexibility index (Phi) is 6.78. The Morgan fingerprint density at radius 3 is 2.70 bits per heavy atom. The molecule has 0 saturated heterocycles. The van der Waals surface area contributed by atoms with Crippen LogP contribution in [0.25, 0.3) is 0 Å². The number of hydrogen-bond donors (Lipinski definition) is 1. The van der Waals surface area contributed by atoms with Gasteiger partial charge in [-0.1, -0.05) is 13.3 Å². The van der Waals surface area contributed by atoms with Gasteiger partial charge in [0.1, 0.15) is 5.69 Å². The number of nitrogens with one attached hydrogen (secondary N) is 1. The Balaban J connectivity index is 1.45. The number of hydrogen-bond acceptors (Lipinski definition) is 6. The zero-order valence-corrected chi connectivity index (χ0v) is 18.7. The highest BCUT2D eigenvalue weighted by atomic mass is 32.2. The molecular weight excluding hydrogens is 399 g/mol. The first-order chi connectivity index (χ1) is 14.6. The third-order valence-electron chi connectivity index (χ3n) is 6.28. The Morgan fingerprint density at radius 1 is 1.20 bits per heavy atom. The fraction of sp³-hybridized carbons (Fsp3) is 0.565. The molecule has 1 saturated carbocycles. The number of pyridine rings is 2. The fourth-order valence-corrected chi connectivity index (χ4v) is 5.01. The van der Waals surface area contributed by atoms with E-state index in [2.05, 4.69) is 27.6 Å². The van der Waals surface area contributed by atoms with Crippen LogP contribution < -0.4 is 9.46 Å². The monoisotopic (exact) mass is 430 g/mol. The molecule has 0 radical (unpaired) electrons. The largest absolute Gasteiger partial charge is 0.479 e. The van der Waals surface area contributed by atoms with E-state index in [9.17, 15) is 0 Å². The molecule has 7 heteroatoms. The predicted octanol–water partition coefficient (Wildman–Crippen LogP) is 5.15. The summed E-state index contributed by atoms with van der Waals surface area (Å²) in [5.41, 5.74) is 2.58. The standard InChI is InChI=1S/C23H31FN4OS/c1-3-28-13-9-17-15-20(22(29-2)26-19(17)10-14-28)27-30-18-7-8-21(25-16-18)23(24)11-5-4-6-12-23/h7-8,15-16,27H,3-6,9-14H2,1-2H3. The summed E-state index contributed by atoms with van der Waals surface area (Å²) in [4.78, 5) is 12.6. The first kappa shape index (κ1) is 21.4. The van der Waals surface area contributed by atoms with Gasteiger partial charge in [0.05, 0.1) is 12.8 Å². The molecule has 3 heterocycles. The minimum atomic E-state index is -1.26. The van der Waals surface area contributed by atoms with Crippen molar-refractivity contribution < 1.29 is 9.13 Å². The quantitative estimate of drug-likeness (QED) is 0.640. The number of rotatable bonds is 6. The minimum Gasteiger partial charge on any atom is -0.479 e. The lowest BCUT2D eigenvalue weighted by molar-refractivity contribution is 0.101. The van der Waals surface area contributed by atoms with Gasteiger partial charge in [-0.25, -0.2) is 9.37 Å². The molecule has 1 aliphatic carbocycles. The lowest BCUT2D eigenvalue weighted by Gasteiger charge is -2.28. The summed E-state index contributed by atoms with van der Waals surface area (Å²) in [7, 11) is 1.65. The zero-order valence-electron chi connectivity index (χ0n) is 17.9. The third kappa shape index (κ3) is 4.72. The molecule has 0 bridgehead atoms. The third-order valence-corrected chi connectivity index (χ3v) is 7.08. The van der Waals surface area contributed by atoms with Gasteiger partial charge in [0.25, 0.3) is 0 Å². The number of aromatic nitrogens is 2. The molecule has 2 aromatic heterocycles. The number of methoxy groups -OCH3 is 1. The van der Waals surface area contributed by atoms with E-state index >= 15 is 4.39 Å². The summed E-state index contributed by atoms with van der Waals surface area (Å²) in [6.45, 7) is 5.36. The van der Waals surface area contributed by atoms with E-state index in [0.717, 1.165) is 68.0 Å². The van der Waals surface area contributed by atoms with Gasteiger partial charge in [-0.15, -0.1) is 0 Å². The van der Waals surface area contributed by atoms with Crippen molar-refractivity contribution in [2.24, 2.45) is 0 Å². The Hall–Kier alpha value is -1.86. The normalized spacial score (nSPS) is 19.0. The molecule has 0 unspecified atom stereocenters. The van der Waals surface area contributed by atoms with Crippen molar-refractivity contribution in [1.82, 2.24) is 14.9 Å². The van der Waals surface area contributed by atoms with Crippen molar-refractivity contribution in [3.63, 3.8) is 0 Å². The number of likely N-dealkylation sites (N-methyl/N-ethyl adjacent to an activating group) is 1. The van der Waals surface area contributed by atoms with Gasteiger partial charge in [-0.3, -0.25) is 4.98 Å². The number of anilines is 1. The van der Waals surface area contributed by atoms with Crippen LogP contribution in [0.5, 0.6) is 5.88 Å². The lowest BCUT2D eigenvalue weighted by atomic mass is 9.84. The van der Waals surface area contributed by atoms with Crippen LogP contribution >= 0.6 is 11.9 Å². The molecule has 2 aliphatic rings. The first-order valence-corrected chi connectivity index (χ1v) is 11.8. The topological polar surface area (TPSA) is 50.3 Å². The smallest absolute Gasteiger partial charge is 0.238 e. The number of ether oxygens (including phenoxy) is 1. The van der Waals surface area contributed by atoms with Crippen LogP contribution in [0, 0.1) is 0 Å². The van der Waals surface area contributed by atoms with Crippen molar-refractivity contribution in [2.75, 3.05) is 31.5 Å². The zero-order chi connectivity index (χ0) is 21.0. The Morgan fingerprint density at radius 2 is 2.00 bits per heavy atom. The highest BCUT2D eigenvalue weighted by Gasteiger charge is 2.34. The first-order valence-electron chi connectivity index (χ1n) is 11.0. The SMILES string of the molecule is CCN1CCc2cc(NSc3ccc(C4(F)CCCCC4)nc3)c(OC)nc2CC1. The average molecular weight is 431 g/mol. The highest BCUT2D eigenvalue weighted by Crippen LogP contribution is 2.40. The molecule has 5 nitrogen and oxygen atoms in total. The molecule has 30 heavy (non-hydrogen) atoms. The number of fused-ring (bicyclic) bond motifs is 1. The summed E-state index contributed by atoms with van der Waals surface area (Å²) >= 11 is 1.45. The molecule has 2 aromatic rings. The van der Waals surface area contributed by atoms with Crippen molar-refractivity contribution in [3.8, 4) is 5.88 Å². The molecule has 0 amide bonds. The van der Waals surface area contributed by atoms with Gasteiger partial charge in [0.15, 0.2) is 5.67 Å². The van der Waals surface area contributed by atoms with Crippen LogP contribution in [0.4, 0.5) is 10.1 Å². The van der Waals surface area contributed by atoms with E-state index < -0.39 is 5.67 Å². The van der Waals surface area contributed by atoms with Crippen molar-refractivity contribution in [3.05, 3.63) is 41.3 Å². The maximum atomic E-state index is 15.1. The molecule has 1 aliphatic heterocycles. The van der Waals surface area contributed by atoms with Crippen LogP contribution in [0.1, 0.15) is 56.0 Å². The van der Waals surface area contributed by atoms with E-state index in [1.54, 1.807) is 13.3 Å². The molecule has 0 spiro atoms. The predicted molar refractivity (Wildman–Crippen MR) is 120 cm³/mol. The van der Waals surface area contributed by atoms with Crippen LogP contribution in [0.3, 0.4) is 0 Å². The van der Waals surface area contributed by atoms with Crippen LogP contribution in [-0.4, -0.2) is 41.6 Å². The molecule has 0 aromatic carbocycles. The van der Waals surface area contributed by atoms with E-state index in [0.29, 0.717) is 24.4 Å². The lowest BCUT2D eigenvalue weighted by Crippen LogP contribution is -2.25. The van der Waals surface area contributed by atoms with Gasteiger partial charge in [-0.2, -0.15) is 0 Å². The molecule has 1 fully saturated rings. The number of halogens is 1. The maximum Gasteiger partial charge on any atom is 0.238 e. The van der Waals surface area contributed by atoms with E-state index in [4.69, 9.17) is 9.72 Å². The van der Waals surface area contributed by atoms with Gasteiger partial charge >= 0.3 is 0 Å². The summed E-state index contributed by atoms with van der Waals surface area (Å²) in [5.74, 6) is 0.612. The second-order valence-electron chi connectivity index (χ2n) is 8.19. The second-order valence-corrected chi connectivity index (χ2v) is 9.07. The van der Waals surface area contributed by atoms with Crippen molar-refractivity contribution >= 4 is 17.6 Å². The van der Waals surface area contributed by atoms with E-state index in [1.165, 1.54) is 17.5 Å². The summed E-state index contributed by atoms with van der Waals surface area (Å²) in [6, 6.07) is 5.94. The number of alkyl halides is 1. The van der Waals surface area contributed by atoms with Gasteiger partial charge in [0, 0.05) is 36.3 Å². The maximum absolute atomic E-state index is 15.1. The fourth-order valence-electron chi connectivity index (χ4n) is 4.39. The summed E-state index contributed by atoms with van der Waals surface area (Å²) in [6.07, 6.45) is 7.87. The second kappa shape index (κ2) is 9.52. The van der Waals surface area contributed by atoms with Gasteiger partial charge in [0.2, 0.25) is 5.88 Å². The molecule has 4 rings (SSSR count). The van der Waals surface area contributed by atoms with Gasteiger partial charge < -0.3 is 14.4 Å². The average Bonchev–Trinajstić information content (AvgIpc) is 2.99. The Labute approximate surface area is 183 Å². The minimum absolute atomic E-state index is 0.566. The molecule has 162 valence electrons. The molecular formula is C23H31FN4OS. The van der Waals surface area contributed by atoms with E-state index in [-0.39, 0.29) is 0 Å². The van der Waals surface area contributed by atoms with Crippen LogP contribution in [0.15, 0.2) is 29.3 Å². The van der Waals surface area contributed by atoms with Crippen molar-refractivity contribution in [2.45, 2.75) is 62.4 Å². The Bertz CT molecular complexity index is 855. The van der Waals surface area contributed by atoms with E-state index in [1.807, 2.05) is 12.1 Å². The summed E-state index contributed by atoms with van der Waals surface area (Å²) < 4.78 is 24.0. The van der Waals surface area contributed by atoms with Gasteiger partial charge in [-0.05, 0) is 74.4 Å². The number of nitrogens with zero attached hydrogens (tertiary/aromatic N) is 3.